The third-order valence-corrected chi connectivity index (χ3v) is 3.09. The fourth-order valence-corrected chi connectivity index (χ4v) is 1.98. The lowest BCUT2D eigenvalue weighted by Gasteiger charge is -2.28. The lowest BCUT2D eigenvalue weighted by Crippen LogP contribution is -2.45. The number of aliphatic carboxylic acids is 1. The van der Waals surface area contributed by atoms with Gasteiger partial charge in [0.2, 0.25) is 0 Å². The Morgan fingerprint density at radius 3 is 2.67 bits per heavy atom. The van der Waals surface area contributed by atoms with E-state index in [1.165, 1.54) is 4.90 Å². The summed E-state index contributed by atoms with van der Waals surface area (Å²) in [6.45, 7) is 4.11. The second kappa shape index (κ2) is 7.20. The molecule has 0 bridgehead atoms. The van der Waals surface area contributed by atoms with Crippen LogP contribution in [0.15, 0.2) is 0 Å². The van der Waals surface area contributed by atoms with Gasteiger partial charge >= 0.3 is 12.0 Å². The molecule has 1 N–H and O–H groups in total. The molecule has 0 aromatic carbocycles. The maximum atomic E-state index is 12.1. The molecule has 1 atom stereocenters. The SMILES string of the molecule is CCN(CC1CCCO1)C(=O)N(C)CCC(=O)O. The van der Waals surface area contributed by atoms with E-state index in [2.05, 4.69) is 0 Å². The van der Waals surface area contributed by atoms with Gasteiger partial charge in [-0.15, -0.1) is 0 Å². The maximum Gasteiger partial charge on any atom is 0.319 e. The van der Waals surface area contributed by atoms with Gasteiger partial charge in [-0.3, -0.25) is 4.79 Å². The van der Waals surface area contributed by atoms with Crippen molar-refractivity contribution in [2.75, 3.05) is 33.3 Å². The van der Waals surface area contributed by atoms with Crippen LogP contribution in [0.5, 0.6) is 0 Å². The van der Waals surface area contributed by atoms with Gasteiger partial charge in [0.1, 0.15) is 0 Å². The van der Waals surface area contributed by atoms with E-state index in [-0.39, 0.29) is 25.1 Å². The molecule has 0 aliphatic carbocycles. The van der Waals surface area contributed by atoms with Crippen molar-refractivity contribution in [1.29, 1.82) is 0 Å². The summed E-state index contributed by atoms with van der Waals surface area (Å²) in [4.78, 5) is 25.7. The van der Waals surface area contributed by atoms with E-state index in [1.54, 1.807) is 11.9 Å². The fourth-order valence-electron chi connectivity index (χ4n) is 1.98. The van der Waals surface area contributed by atoms with Crippen LogP contribution in [-0.2, 0) is 9.53 Å². The van der Waals surface area contributed by atoms with E-state index in [4.69, 9.17) is 9.84 Å². The second-order valence-electron chi connectivity index (χ2n) is 4.52. The Labute approximate surface area is 107 Å². The number of hydrogen-bond donors (Lipinski definition) is 1. The Hall–Kier alpha value is -1.30. The lowest BCUT2D eigenvalue weighted by molar-refractivity contribution is -0.137. The van der Waals surface area contributed by atoms with Gasteiger partial charge in [-0.1, -0.05) is 0 Å². The van der Waals surface area contributed by atoms with Crippen LogP contribution >= 0.6 is 0 Å². The Bertz CT molecular complexity index is 290. The Morgan fingerprint density at radius 2 is 2.17 bits per heavy atom. The Balaban J connectivity index is 2.41. The fraction of sp³-hybridized carbons (Fsp3) is 0.833. The summed E-state index contributed by atoms with van der Waals surface area (Å²) in [5, 5.41) is 8.60. The quantitative estimate of drug-likeness (QED) is 0.772. The van der Waals surface area contributed by atoms with Gasteiger partial charge in [-0.05, 0) is 19.8 Å². The second-order valence-corrected chi connectivity index (χ2v) is 4.52. The van der Waals surface area contributed by atoms with E-state index in [0.29, 0.717) is 13.1 Å². The first-order valence-electron chi connectivity index (χ1n) is 6.38. The molecule has 1 heterocycles. The summed E-state index contributed by atoms with van der Waals surface area (Å²) in [5.74, 6) is -0.892. The molecule has 1 fully saturated rings. The van der Waals surface area contributed by atoms with E-state index < -0.39 is 5.97 Å². The normalized spacial score (nSPS) is 18.7. The number of ether oxygens (including phenoxy) is 1. The molecule has 6 heteroatoms. The number of rotatable bonds is 6. The topological polar surface area (TPSA) is 70.1 Å². The maximum absolute atomic E-state index is 12.1. The number of likely N-dealkylation sites (N-methyl/N-ethyl adjacent to an activating group) is 1. The highest BCUT2D eigenvalue weighted by molar-refractivity contribution is 5.75. The summed E-state index contributed by atoms with van der Waals surface area (Å²) >= 11 is 0. The standard InChI is InChI=1S/C12H22N2O4/c1-3-14(9-10-5-4-8-18-10)12(17)13(2)7-6-11(15)16/h10H,3-9H2,1-2H3,(H,15,16). The number of amides is 2. The minimum absolute atomic E-state index is 0.0281. The van der Waals surface area contributed by atoms with Gasteiger partial charge in [0.15, 0.2) is 0 Å². The molecule has 0 spiro atoms. The average molecular weight is 258 g/mol. The van der Waals surface area contributed by atoms with Crippen molar-refractivity contribution in [2.24, 2.45) is 0 Å². The Morgan fingerprint density at radius 1 is 1.44 bits per heavy atom. The predicted molar refractivity (Wildman–Crippen MR) is 66.5 cm³/mol. The van der Waals surface area contributed by atoms with Crippen LogP contribution in [0.1, 0.15) is 26.2 Å². The van der Waals surface area contributed by atoms with Crippen molar-refractivity contribution in [3.63, 3.8) is 0 Å². The van der Waals surface area contributed by atoms with Gasteiger partial charge in [0, 0.05) is 33.3 Å². The lowest BCUT2D eigenvalue weighted by atomic mass is 10.2. The molecule has 18 heavy (non-hydrogen) atoms. The first-order chi connectivity index (χ1) is 8.54. The molecule has 0 radical (unpaired) electrons. The van der Waals surface area contributed by atoms with Crippen molar-refractivity contribution >= 4 is 12.0 Å². The van der Waals surface area contributed by atoms with E-state index in [1.807, 2.05) is 6.92 Å². The van der Waals surface area contributed by atoms with Crippen molar-refractivity contribution in [1.82, 2.24) is 9.80 Å². The third-order valence-electron chi connectivity index (χ3n) is 3.09. The molecule has 1 saturated heterocycles. The molecule has 0 aromatic rings. The molecule has 1 unspecified atom stereocenters. The van der Waals surface area contributed by atoms with Crippen LogP contribution in [-0.4, -0.2) is 66.3 Å². The van der Waals surface area contributed by atoms with Crippen LogP contribution in [0, 0.1) is 0 Å². The number of carbonyl (C=O) groups is 2. The first-order valence-corrected chi connectivity index (χ1v) is 6.38. The molecule has 0 aromatic heterocycles. The van der Waals surface area contributed by atoms with E-state index in [0.717, 1.165) is 19.4 Å². The molecule has 104 valence electrons. The molecule has 1 aliphatic heterocycles. The van der Waals surface area contributed by atoms with Gasteiger partial charge < -0.3 is 19.6 Å². The number of carbonyl (C=O) groups excluding carboxylic acids is 1. The van der Waals surface area contributed by atoms with Crippen molar-refractivity contribution < 1.29 is 19.4 Å². The number of carboxylic acids is 1. The zero-order valence-corrected chi connectivity index (χ0v) is 11.1. The molecule has 0 saturated carbocycles. The van der Waals surface area contributed by atoms with Crippen molar-refractivity contribution in [2.45, 2.75) is 32.3 Å². The first kappa shape index (κ1) is 14.8. The zero-order valence-electron chi connectivity index (χ0n) is 11.1. The number of urea groups is 1. The number of carboxylic acid groups (broad SMARTS) is 1. The molecule has 6 nitrogen and oxygen atoms in total. The average Bonchev–Trinajstić information content (AvgIpc) is 2.84. The van der Waals surface area contributed by atoms with E-state index in [9.17, 15) is 9.59 Å². The van der Waals surface area contributed by atoms with Crippen LogP contribution < -0.4 is 0 Å². The highest BCUT2D eigenvalue weighted by Gasteiger charge is 2.23. The summed E-state index contributed by atoms with van der Waals surface area (Å²) in [7, 11) is 1.63. The highest BCUT2D eigenvalue weighted by atomic mass is 16.5. The van der Waals surface area contributed by atoms with Crippen LogP contribution in [0.4, 0.5) is 4.79 Å². The Kier molecular flexibility index (Phi) is 5.91. The molecular formula is C12H22N2O4. The third kappa shape index (κ3) is 4.52. The molecular weight excluding hydrogens is 236 g/mol. The minimum atomic E-state index is -0.892. The zero-order chi connectivity index (χ0) is 13.5. The van der Waals surface area contributed by atoms with Crippen molar-refractivity contribution in [3.8, 4) is 0 Å². The highest BCUT2D eigenvalue weighted by Crippen LogP contribution is 2.14. The summed E-state index contributed by atoms with van der Waals surface area (Å²) < 4.78 is 5.51. The molecule has 1 aliphatic rings. The van der Waals surface area contributed by atoms with Crippen LogP contribution in [0.3, 0.4) is 0 Å². The van der Waals surface area contributed by atoms with Crippen LogP contribution in [0.25, 0.3) is 0 Å². The van der Waals surface area contributed by atoms with Gasteiger partial charge in [-0.2, -0.15) is 0 Å². The molecule has 2 amide bonds. The smallest absolute Gasteiger partial charge is 0.319 e. The number of nitrogens with zero attached hydrogens (tertiary/aromatic N) is 2. The van der Waals surface area contributed by atoms with E-state index >= 15 is 0 Å². The van der Waals surface area contributed by atoms with Gasteiger partial charge in [0.05, 0.1) is 12.5 Å². The summed E-state index contributed by atoms with van der Waals surface area (Å²) in [6, 6.07) is -0.130. The van der Waals surface area contributed by atoms with Crippen LogP contribution in [0.2, 0.25) is 0 Å². The minimum Gasteiger partial charge on any atom is -0.481 e. The van der Waals surface area contributed by atoms with Crippen molar-refractivity contribution in [3.05, 3.63) is 0 Å². The monoisotopic (exact) mass is 258 g/mol. The van der Waals surface area contributed by atoms with Gasteiger partial charge in [-0.25, -0.2) is 4.79 Å². The largest absolute Gasteiger partial charge is 0.481 e. The number of hydrogen-bond acceptors (Lipinski definition) is 3. The predicted octanol–water partition coefficient (Wildman–Crippen LogP) is 1.01. The summed E-state index contributed by atoms with van der Waals surface area (Å²) in [5.41, 5.74) is 0. The van der Waals surface area contributed by atoms with Gasteiger partial charge in [0.25, 0.3) is 0 Å². The summed E-state index contributed by atoms with van der Waals surface area (Å²) in [6.07, 6.45) is 2.13. The molecule has 1 rings (SSSR count).